The van der Waals surface area contributed by atoms with Crippen molar-refractivity contribution in [3.63, 3.8) is 0 Å². The molecule has 0 saturated carbocycles. The number of nitrogens with zero attached hydrogens (tertiary/aromatic N) is 3. The predicted molar refractivity (Wildman–Crippen MR) is 133 cm³/mol. The third-order valence-electron chi connectivity index (χ3n) is 7.03. The maximum atomic E-state index is 6.15. The number of ether oxygens (including phenoxy) is 2. The van der Waals surface area contributed by atoms with Crippen molar-refractivity contribution in [1.82, 2.24) is 14.5 Å². The van der Waals surface area contributed by atoms with Crippen molar-refractivity contribution in [3.8, 4) is 11.5 Å². The van der Waals surface area contributed by atoms with Crippen molar-refractivity contribution in [2.45, 2.75) is 51.8 Å². The Bertz CT molecular complexity index is 1330. The van der Waals surface area contributed by atoms with E-state index in [1.165, 1.54) is 11.1 Å². The molecule has 0 amide bonds. The molecule has 1 saturated heterocycles. The first kappa shape index (κ1) is 22.7. The zero-order valence-corrected chi connectivity index (χ0v) is 20.6. The van der Waals surface area contributed by atoms with Crippen LogP contribution < -0.4 is 9.47 Å². The molecule has 7 nitrogen and oxygen atoms in total. The summed E-state index contributed by atoms with van der Waals surface area (Å²) in [4.78, 5) is 9.13. The van der Waals surface area contributed by atoms with Gasteiger partial charge in [-0.25, -0.2) is 4.98 Å². The molecular weight excluding hydrogens is 429 g/mol. The van der Waals surface area contributed by atoms with E-state index in [1.807, 2.05) is 18.5 Å². The van der Waals surface area contributed by atoms with Gasteiger partial charge in [-0.1, -0.05) is 24.3 Å². The Morgan fingerprint density at radius 3 is 2.12 bits per heavy atom. The van der Waals surface area contributed by atoms with Crippen LogP contribution in [0, 0.1) is 0 Å². The van der Waals surface area contributed by atoms with E-state index in [9.17, 15) is 0 Å². The van der Waals surface area contributed by atoms with Crippen LogP contribution in [-0.2, 0) is 22.2 Å². The van der Waals surface area contributed by atoms with Crippen LogP contribution in [0.15, 0.2) is 48.9 Å². The Balaban J connectivity index is 1.40. The zero-order valence-electron chi connectivity index (χ0n) is 20.6. The molecule has 0 spiro atoms. The summed E-state index contributed by atoms with van der Waals surface area (Å²) in [6.07, 6.45) is 4.38. The van der Waals surface area contributed by atoms with E-state index in [1.54, 1.807) is 20.4 Å². The van der Waals surface area contributed by atoms with Gasteiger partial charge in [-0.15, -0.1) is 0 Å². The highest BCUT2D eigenvalue weighted by Gasteiger charge is 2.50. The Hall–Kier alpha value is -3.10. The number of benzene rings is 2. The van der Waals surface area contributed by atoms with Crippen LogP contribution in [0.3, 0.4) is 0 Å². The maximum Gasteiger partial charge on any atom is 0.462 e. The van der Waals surface area contributed by atoms with E-state index >= 15 is 0 Å². The summed E-state index contributed by atoms with van der Waals surface area (Å²) >= 11 is 0. The van der Waals surface area contributed by atoms with Crippen LogP contribution in [0.4, 0.5) is 0 Å². The SMILES string of the molecule is COc1cc2ncc3ncn(Cc4ccc(CB5OC(C)(C)C(C)(C)O5)cc4)c3c2cc1OC. The summed E-state index contributed by atoms with van der Waals surface area (Å²) in [5.41, 5.74) is 4.44. The van der Waals surface area contributed by atoms with Crippen LogP contribution in [-0.4, -0.2) is 47.1 Å². The Labute approximate surface area is 200 Å². The summed E-state index contributed by atoms with van der Waals surface area (Å²) in [5, 5.41) is 0.977. The highest BCUT2D eigenvalue weighted by Crippen LogP contribution is 2.37. The van der Waals surface area contributed by atoms with Gasteiger partial charge in [-0.2, -0.15) is 0 Å². The lowest BCUT2D eigenvalue weighted by atomic mass is 9.80. The van der Waals surface area contributed by atoms with Crippen molar-refractivity contribution >= 4 is 29.1 Å². The molecule has 0 unspecified atom stereocenters. The lowest BCUT2D eigenvalue weighted by Gasteiger charge is -2.32. The van der Waals surface area contributed by atoms with Crippen molar-refractivity contribution in [2.24, 2.45) is 0 Å². The second kappa shape index (κ2) is 8.29. The Morgan fingerprint density at radius 1 is 0.853 bits per heavy atom. The average molecular weight is 459 g/mol. The van der Waals surface area contributed by atoms with Gasteiger partial charge in [0.1, 0.15) is 5.52 Å². The van der Waals surface area contributed by atoms with Crippen LogP contribution in [0.5, 0.6) is 11.5 Å². The molecule has 0 N–H and O–H groups in total. The van der Waals surface area contributed by atoms with Gasteiger partial charge < -0.3 is 23.3 Å². The molecule has 0 bridgehead atoms. The first-order valence-electron chi connectivity index (χ1n) is 11.5. The molecule has 3 heterocycles. The fourth-order valence-electron chi connectivity index (χ4n) is 4.42. The average Bonchev–Trinajstić information content (AvgIpc) is 3.30. The molecule has 0 aliphatic carbocycles. The van der Waals surface area contributed by atoms with Gasteiger partial charge in [0.05, 0.1) is 49.0 Å². The minimum Gasteiger partial charge on any atom is -0.493 e. The fraction of sp³-hybridized carbons (Fsp3) is 0.385. The number of rotatable bonds is 6. The van der Waals surface area contributed by atoms with Crippen LogP contribution in [0.2, 0.25) is 0 Å². The zero-order chi connectivity index (χ0) is 24.1. The molecule has 8 heteroatoms. The quantitative estimate of drug-likeness (QED) is 0.385. The highest BCUT2D eigenvalue weighted by molar-refractivity contribution is 6.45. The number of pyridine rings is 1. The lowest BCUT2D eigenvalue weighted by molar-refractivity contribution is 0.00578. The number of imidazole rings is 1. The Morgan fingerprint density at radius 2 is 1.47 bits per heavy atom. The molecule has 0 atom stereocenters. The maximum absolute atomic E-state index is 6.15. The van der Waals surface area contributed by atoms with Crippen molar-refractivity contribution in [3.05, 3.63) is 60.0 Å². The number of hydrogen-bond donors (Lipinski definition) is 0. The van der Waals surface area contributed by atoms with Gasteiger partial charge in [0, 0.05) is 24.3 Å². The second-order valence-corrected chi connectivity index (χ2v) is 9.80. The molecular formula is C26H30BN3O4. The van der Waals surface area contributed by atoms with Gasteiger partial charge in [-0.05, 0) is 44.9 Å². The monoisotopic (exact) mass is 459 g/mol. The lowest BCUT2D eigenvalue weighted by Crippen LogP contribution is -2.41. The van der Waals surface area contributed by atoms with Crippen LogP contribution >= 0.6 is 0 Å². The molecule has 0 radical (unpaired) electrons. The predicted octanol–water partition coefficient (Wildman–Crippen LogP) is 4.82. The molecule has 176 valence electrons. The number of fused-ring (bicyclic) bond motifs is 3. The standard InChI is InChI=1S/C26H30BN3O4/c1-25(2)26(3,4)34-27(33-25)13-17-7-9-18(10-8-17)15-30-16-29-21-14-28-20-12-23(32-6)22(31-5)11-19(20)24(21)30/h7-12,14,16H,13,15H2,1-6H3. The molecule has 5 rings (SSSR count). The normalized spacial score (nSPS) is 16.9. The van der Waals surface area contributed by atoms with Crippen molar-refractivity contribution < 1.29 is 18.8 Å². The number of hydrogen-bond acceptors (Lipinski definition) is 6. The molecule has 34 heavy (non-hydrogen) atoms. The van der Waals surface area contributed by atoms with Crippen LogP contribution in [0.1, 0.15) is 38.8 Å². The van der Waals surface area contributed by atoms with Crippen LogP contribution in [0.25, 0.3) is 21.9 Å². The van der Waals surface area contributed by atoms with Crippen molar-refractivity contribution in [1.29, 1.82) is 0 Å². The third kappa shape index (κ3) is 3.91. The van der Waals surface area contributed by atoms with E-state index in [-0.39, 0.29) is 18.3 Å². The minimum absolute atomic E-state index is 0.237. The first-order valence-corrected chi connectivity index (χ1v) is 11.5. The number of aromatic nitrogens is 3. The largest absolute Gasteiger partial charge is 0.493 e. The third-order valence-corrected chi connectivity index (χ3v) is 7.03. The smallest absolute Gasteiger partial charge is 0.462 e. The van der Waals surface area contributed by atoms with Gasteiger partial charge >= 0.3 is 7.12 Å². The van der Waals surface area contributed by atoms with Crippen molar-refractivity contribution in [2.75, 3.05) is 14.2 Å². The number of methoxy groups -OCH3 is 2. The molecule has 4 aromatic rings. The molecule has 1 aliphatic heterocycles. The topological polar surface area (TPSA) is 67.6 Å². The fourth-order valence-corrected chi connectivity index (χ4v) is 4.42. The highest BCUT2D eigenvalue weighted by atomic mass is 16.7. The molecule has 1 fully saturated rings. The minimum atomic E-state index is -0.315. The van der Waals surface area contributed by atoms with E-state index in [0.29, 0.717) is 18.0 Å². The van der Waals surface area contributed by atoms with Gasteiger partial charge in [0.15, 0.2) is 11.5 Å². The molecule has 2 aromatic carbocycles. The first-order chi connectivity index (χ1) is 16.2. The second-order valence-electron chi connectivity index (χ2n) is 9.80. The summed E-state index contributed by atoms with van der Waals surface area (Å²) < 4.78 is 25.4. The Kier molecular flexibility index (Phi) is 5.53. The van der Waals surface area contributed by atoms with E-state index in [2.05, 4.69) is 66.5 Å². The summed E-state index contributed by atoms with van der Waals surface area (Å²) in [5.74, 6) is 1.33. The van der Waals surface area contributed by atoms with E-state index in [0.717, 1.165) is 28.3 Å². The van der Waals surface area contributed by atoms with Gasteiger partial charge in [0.25, 0.3) is 0 Å². The molecule has 2 aromatic heterocycles. The summed E-state index contributed by atoms with van der Waals surface area (Å²) in [7, 11) is 3.03. The van der Waals surface area contributed by atoms with Gasteiger partial charge in [0.2, 0.25) is 0 Å². The summed E-state index contributed by atoms with van der Waals surface area (Å²) in [6, 6.07) is 12.5. The summed E-state index contributed by atoms with van der Waals surface area (Å²) in [6.45, 7) is 9.01. The van der Waals surface area contributed by atoms with Gasteiger partial charge in [-0.3, -0.25) is 4.98 Å². The molecule has 1 aliphatic rings. The van der Waals surface area contributed by atoms with E-state index in [4.69, 9.17) is 18.8 Å². The van der Waals surface area contributed by atoms with E-state index < -0.39 is 0 Å².